The van der Waals surface area contributed by atoms with Crippen molar-refractivity contribution in [2.75, 3.05) is 12.4 Å². The number of nitrogens with zero attached hydrogens (tertiary/aromatic N) is 3. The predicted molar refractivity (Wildman–Crippen MR) is 105 cm³/mol. The largest absolute Gasteiger partial charge is 0.497 e. The van der Waals surface area contributed by atoms with Crippen LogP contribution < -0.4 is 26.0 Å². The first-order valence-electron chi connectivity index (χ1n) is 9.23. The fourth-order valence-corrected chi connectivity index (χ4v) is 3.43. The monoisotopic (exact) mass is 384 g/mol. The van der Waals surface area contributed by atoms with Crippen molar-refractivity contribution in [2.45, 2.75) is 38.3 Å². The average Bonchev–Trinajstić information content (AvgIpc) is 3.21. The van der Waals surface area contributed by atoms with Crippen LogP contribution in [0.5, 0.6) is 11.5 Å². The summed E-state index contributed by atoms with van der Waals surface area (Å²) in [5.41, 5.74) is -0.366. The number of aromatic nitrogens is 2. The van der Waals surface area contributed by atoms with Gasteiger partial charge in [0.25, 0.3) is 5.56 Å². The van der Waals surface area contributed by atoms with E-state index < -0.39 is 11.2 Å². The number of rotatable bonds is 6. The van der Waals surface area contributed by atoms with Gasteiger partial charge in [-0.25, -0.2) is 4.79 Å². The molecule has 0 aliphatic heterocycles. The summed E-state index contributed by atoms with van der Waals surface area (Å²) in [5, 5.41) is 12.5. The molecule has 0 saturated heterocycles. The highest BCUT2D eigenvalue weighted by atomic mass is 16.5. The molecule has 8 heteroatoms. The molecule has 0 radical (unpaired) electrons. The first-order valence-corrected chi connectivity index (χ1v) is 9.23. The van der Waals surface area contributed by atoms with Gasteiger partial charge in [0, 0.05) is 32.3 Å². The second-order valence-corrected chi connectivity index (χ2v) is 6.89. The Hall–Kier alpha value is -3.21. The van der Waals surface area contributed by atoms with E-state index in [1.807, 2.05) is 24.3 Å². The predicted octanol–water partition coefficient (Wildman–Crippen LogP) is 1.90. The quantitative estimate of drug-likeness (QED) is 0.817. The molecule has 148 valence electrons. The SMILES string of the molecule is COc1ccc(CNc2c(C#N)c(=O)n(C)c(=O)n2C)c(OC2CCCC2)c1. The molecule has 3 rings (SSSR count). The van der Waals surface area contributed by atoms with Gasteiger partial charge < -0.3 is 14.8 Å². The van der Waals surface area contributed by atoms with Crippen LogP contribution in [0.3, 0.4) is 0 Å². The summed E-state index contributed by atoms with van der Waals surface area (Å²) in [6.07, 6.45) is 4.53. The summed E-state index contributed by atoms with van der Waals surface area (Å²) in [6.45, 7) is 0.293. The topological polar surface area (TPSA) is 98.3 Å². The lowest BCUT2D eigenvalue weighted by Crippen LogP contribution is -2.39. The smallest absolute Gasteiger partial charge is 0.332 e. The van der Waals surface area contributed by atoms with E-state index in [0.29, 0.717) is 18.0 Å². The van der Waals surface area contributed by atoms with Crippen molar-refractivity contribution in [3.63, 3.8) is 0 Å². The second kappa shape index (κ2) is 8.21. The molecule has 0 atom stereocenters. The van der Waals surface area contributed by atoms with Crippen molar-refractivity contribution in [3.8, 4) is 17.6 Å². The third kappa shape index (κ3) is 3.74. The highest BCUT2D eigenvalue weighted by Crippen LogP contribution is 2.30. The summed E-state index contributed by atoms with van der Waals surface area (Å²) in [5.74, 6) is 1.58. The summed E-state index contributed by atoms with van der Waals surface area (Å²) in [7, 11) is 4.47. The lowest BCUT2D eigenvalue weighted by atomic mass is 10.1. The van der Waals surface area contributed by atoms with Crippen molar-refractivity contribution in [2.24, 2.45) is 14.1 Å². The Labute approximate surface area is 162 Å². The van der Waals surface area contributed by atoms with E-state index in [2.05, 4.69) is 5.32 Å². The molecule has 8 nitrogen and oxygen atoms in total. The molecule has 1 N–H and O–H groups in total. The van der Waals surface area contributed by atoms with Gasteiger partial charge in [0.1, 0.15) is 23.4 Å². The highest BCUT2D eigenvalue weighted by Gasteiger charge is 2.20. The Morgan fingerprint density at radius 1 is 1.21 bits per heavy atom. The van der Waals surface area contributed by atoms with Gasteiger partial charge in [0.15, 0.2) is 5.56 Å². The van der Waals surface area contributed by atoms with Crippen LogP contribution in [0.25, 0.3) is 0 Å². The van der Waals surface area contributed by atoms with Gasteiger partial charge in [-0.05, 0) is 37.8 Å². The highest BCUT2D eigenvalue weighted by molar-refractivity contribution is 5.52. The molecule has 28 heavy (non-hydrogen) atoms. The molecule has 1 fully saturated rings. The van der Waals surface area contributed by atoms with Gasteiger partial charge in [-0.15, -0.1) is 0 Å². The lowest BCUT2D eigenvalue weighted by molar-refractivity contribution is 0.207. The minimum Gasteiger partial charge on any atom is -0.497 e. The van der Waals surface area contributed by atoms with Gasteiger partial charge in [-0.2, -0.15) is 5.26 Å². The summed E-state index contributed by atoms with van der Waals surface area (Å²) < 4.78 is 13.7. The maximum atomic E-state index is 12.2. The molecule has 0 unspecified atom stereocenters. The van der Waals surface area contributed by atoms with Crippen LogP contribution in [0.1, 0.15) is 36.8 Å². The fraction of sp³-hybridized carbons (Fsp3) is 0.450. The number of methoxy groups -OCH3 is 1. The molecule has 1 heterocycles. The molecule has 0 amide bonds. The number of benzene rings is 1. The molecule has 1 aromatic heterocycles. The van der Waals surface area contributed by atoms with Gasteiger partial charge in [0.2, 0.25) is 0 Å². The summed E-state index contributed by atoms with van der Waals surface area (Å²) >= 11 is 0. The van der Waals surface area contributed by atoms with E-state index >= 15 is 0 Å². The molecule has 1 saturated carbocycles. The van der Waals surface area contributed by atoms with E-state index in [0.717, 1.165) is 35.8 Å². The molecule has 1 aliphatic rings. The molecular formula is C20H24N4O4. The number of anilines is 1. The minimum atomic E-state index is -0.620. The van der Waals surface area contributed by atoms with Crippen LogP contribution in [0.4, 0.5) is 5.82 Å². The maximum absolute atomic E-state index is 12.2. The molecule has 2 aromatic rings. The number of nitriles is 1. The van der Waals surface area contributed by atoms with Gasteiger partial charge in [-0.3, -0.25) is 13.9 Å². The van der Waals surface area contributed by atoms with Crippen molar-refractivity contribution >= 4 is 5.82 Å². The van der Waals surface area contributed by atoms with E-state index in [4.69, 9.17) is 9.47 Å². The van der Waals surface area contributed by atoms with E-state index in [9.17, 15) is 14.9 Å². The average molecular weight is 384 g/mol. The minimum absolute atomic E-state index is 0.101. The van der Waals surface area contributed by atoms with Crippen molar-refractivity contribution in [3.05, 3.63) is 50.2 Å². The van der Waals surface area contributed by atoms with Crippen molar-refractivity contribution in [1.82, 2.24) is 9.13 Å². The Bertz CT molecular complexity index is 1030. The second-order valence-electron chi connectivity index (χ2n) is 6.89. The molecule has 1 aromatic carbocycles. The van der Waals surface area contributed by atoms with Gasteiger partial charge >= 0.3 is 5.69 Å². The van der Waals surface area contributed by atoms with E-state index in [1.165, 1.54) is 18.7 Å². The van der Waals surface area contributed by atoms with Crippen LogP contribution in [0.15, 0.2) is 27.8 Å². The van der Waals surface area contributed by atoms with Crippen LogP contribution in [0.2, 0.25) is 0 Å². The Kier molecular flexibility index (Phi) is 5.73. The summed E-state index contributed by atoms with van der Waals surface area (Å²) in [6, 6.07) is 7.43. The molecule has 0 bridgehead atoms. The van der Waals surface area contributed by atoms with Gasteiger partial charge in [-0.1, -0.05) is 0 Å². The Balaban J connectivity index is 1.92. The first-order chi connectivity index (χ1) is 13.5. The fourth-order valence-electron chi connectivity index (χ4n) is 3.43. The molecule has 1 aliphatic carbocycles. The number of nitrogens with one attached hydrogen (secondary N) is 1. The van der Waals surface area contributed by atoms with Crippen molar-refractivity contribution < 1.29 is 9.47 Å². The Morgan fingerprint density at radius 3 is 2.57 bits per heavy atom. The van der Waals surface area contributed by atoms with Crippen LogP contribution in [0, 0.1) is 11.3 Å². The van der Waals surface area contributed by atoms with Crippen LogP contribution >= 0.6 is 0 Å². The molecule has 0 spiro atoms. The normalized spacial score (nSPS) is 13.9. The number of hydrogen-bond acceptors (Lipinski definition) is 6. The van der Waals surface area contributed by atoms with Crippen LogP contribution in [-0.2, 0) is 20.6 Å². The summed E-state index contributed by atoms with van der Waals surface area (Å²) in [4.78, 5) is 24.4. The zero-order valence-electron chi connectivity index (χ0n) is 16.3. The van der Waals surface area contributed by atoms with Crippen molar-refractivity contribution in [1.29, 1.82) is 5.26 Å². The third-order valence-corrected chi connectivity index (χ3v) is 5.09. The van der Waals surface area contributed by atoms with Gasteiger partial charge in [0.05, 0.1) is 13.2 Å². The van der Waals surface area contributed by atoms with Crippen LogP contribution in [-0.4, -0.2) is 22.3 Å². The third-order valence-electron chi connectivity index (χ3n) is 5.09. The first kappa shape index (κ1) is 19.5. The maximum Gasteiger partial charge on any atom is 0.332 e. The van der Waals surface area contributed by atoms with E-state index in [1.54, 1.807) is 7.11 Å². The zero-order chi connectivity index (χ0) is 20.3. The zero-order valence-corrected chi connectivity index (χ0v) is 16.3. The molecular weight excluding hydrogens is 360 g/mol. The van der Waals surface area contributed by atoms with E-state index in [-0.39, 0.29) is 17.5 Å². The standard InChI is InChI=1S/C20H24N4O4/c1-23-18(16(11-21)19(25)24(2)20(23)26)22-12-13-8-9-15(27-3)10-17(13)28-14-6-4-5-7-14/h8-10,14,22H,4-7,12H2,1-3H3. The lowest BCUT2D eigenvalue weighted by Gasteiger charge is -2.19. The number of hydrogen-bond donors (Lipinski definition) is 1. The Morgan fingerprint density at radius 2 is 1.93 bits per heavy atom. The number of ether oxygens (including phenoxy) is 2.